The van der Waals surface area contributed by atoms with Crippen molar-refractivity contribution in [3.05, 3.63) is 77.5 Å². The number of amides is 2. The Bertz CT molecular complexity index is 1130. The first-order valence-corrected chi connectivity index (χ1v) is 11.6. The lowest BCUT2D eigenvalue weighted by atomic mass is 9.95. The predicted octanol–water partition coefficient (Wildman–Crippen LogP) is 5.02. The molecule has 1 aliphatic heterocycles. The first kappa shape index (κ1) is 22.7. The van der Waals surface area contributed by atoms with Gasteiger partial charge in [0.2, 0.25) is 5.91 Å². The maximum atomic E-state index is 13.3. The lowest BCUT2D eigenvalue weighted by Crippen LogP contribution is -2.41. The first-order chi connectivity index (χ1) is 15.9. The van der Waals surface area contributed by atoms with E-state index in [1.165, 1.54) is 18.1 Å². The number of aromatic nitrogens is 1. The molecule has 1 saturated heterocycles. The zero-order chi connectivity index (χ0) is 23.4. The third-order valence-electron chi connectivity index (χ3n) is 6.36. The van der Waals surface area contributed by atoms with Crippen LogP contribution < -0.4 is 5.32 Å². The van der Waals surface area contributed by atoms with E-state index in [2.05, 4.69) is 67.7 Å². The van der Waals surface area contributed by atoms with Gasteiger partial charge in [-0.15, -0.1) is 0 Å². The van der Waals surface area contributed by atoms with Gasteiger partial charge in [-0.1, -0.05) is 59.7 Å². The largest absolute Gasteiger partial charge is 0.356 e. The van der Waals surface area contributed by atoms with Crippen molar-refractivity contribution < 1.29 is 9.59 Å². The van der Waals surface area contributed by atoms with Gasteiger partial charge in [0, 0.05) is 43.9 Å². The average molecular weight is 442 g/mol. The molecule has 3 aromatic rings. The molecular formula is C28H31N3O2. The van der Waals surface area contributed by atoms with E-state index in [4.69, 9.17) is 4.98 Å². The number of hydrogen-bond acceptors (Lipinski definition) is 3. The van der Waals surface area contributed by atoms with Crippen LogP contribution in [-0.4, -0.2) is 41.3 Å². The van der Waals surface area contributed by atoms with Crippen LogP contribution in [0.5, 0.6) is 0 Å². The lowest BCUT2D eigenvalue weighted by Gasteiger charge is -2.32. The molecule has 2 aromatic carbocycles. The maximum absolute atomic E-state index is 13.3. The van der Waals surface area contributed by atoms with Crippen molar-refractivity contribution in [3.8, 4) is 22.4 Å². The molecule has 1 aromatic heterocycles. The fourth-order valence-corrected chi connectivity index (χ4v) is 4.29. The Morgan fingerprint density at radius 1 is 0.939 bits per heavy atom. The van der Waals surface area contributed by atoms with E-state index in [0.29, 0.717) is 31.1 Å². The summed E-state index contributed by atoms with van der Waals surface area (Å²) >= 11 is 0. The molecule has 1 fully saturated rings. The van der Waals surface area contributed by atoms with Crippen molar-refractivity contribution in [1.82, 2.24) is 15.2 Å². The number of piperidine rings is 1. The van der Waals surface area contributed by atoms with Crippen LogP contribution in [0, 0.1) is 19.8 Å². The molecule has 5 heteroatoms. The molecule has 0 radical (unpaired) electrons. The smallest absolute Gasteiger partial charge is 0.255 e. The monoisotopic (exact) mass is 441 g/mol. The molecule has 0 saturated carbocycles. The van der Waals surface area contributed by atoms with E-state index < -0.39 is 0 Å². The number of nitrogens with one attached hydrogen (secondary N) is 1. The van der Waals surface area contributed by atoms with Crippen LogP contribution in [0.25, 0.3) is 22.4 Å². The molecule has 5 nitrogen and oxygen atoms in total. The van der Waals surface area contributed by atoms with Gasteiger partial charge in [-0.25, -0.2) is 0 Å². The first-order valence-electron chi connectivity index (χ1n) is 11.6. The molecular weight excluding hydrogens is 410 g/mol. The molecule has 0 spiro atoms. The van der Waals surface area contributed by atoms with Crippen LogP contribution in [-0.2, 0) is 4.79 Å². The minimum atomic E-state index is -0.00289. The van der Waals surface area contributed by atoms with Crippen molar-refractivity contribution >= 4 is 11.8 Å². The summed E-state index contributed by atoms with van der Waals surface area (Å²) in [4.78, 5) is 31.2. The molecule has 0 bridgehead atoms. The summed E-state index contributed by atoms with van der Waals surface area (Å²) in [6, 6.07) is 18.7. The SMILES string of the molecule is CC(=O)NCC1CCN(C(=O)c2cnc(-c3ccc(C)cc3)c(-c3ccc(C)cc3)c2)CC1. The summed E-state index contributed by atoms with van der Waals surface area (Å²) in [5, 5.41) is 2.89. The predicted molar refractivity (Wildman–Crippen MR) is 132 cm³/mol. The van der Waals surface area contributed by atoms with Gasteiger partial charge in [0.15, 0.2) is 0 Å². The Morgan fingerprint density at radius 2 is 1.52 bits per heavy atom. The highest BCUT2D eigenvalue weighted by Crippen LogP contribution is 2.32. The lowest BCUT2D eigenvalue weighted by molar-refractivity contribution is -0.119. The maximum Gasteiger partial charge on any atom is 0.255 e. The Kier molecular flexibility index (Phi) is 6.87. The van der Waals surface area contributed by atoms with Gasteiger partial charge in [0.05, 0.1) is 11.3 Å². The third kappa shape index (κ3) is 5.48. The standard InChI is InChI=1S/C28H31N3O2/c1-19-4-8-23(9-5-19)26-16-25(18-30-27(26)24-10-6-20(2)7-11-24)28(33)31-14-12-22(13-15-31)17-29-21(3)32/h4-11,16,18,22H,12-15,17H2,1-3H3,(H,29,32). The van der Waals surface area contributed by atoms with Crippen molar-refractivity contribution in [2.45, 2.75) is 33.6 Å². The van der Waals surface area contributed by atoms with Gasteiger partial charge in [-0.3, -0.25) is 14.6 Å². The second-order valence-electron chi connectivity index (χ2n) is 9.02. The number of carbonyl (C=O) groups is 2. The Labute approximate surface area is 195 Å². The molecule has 4 rings (SSSR count). The number of hydrogen-bond donors (Lipinski definition) is 1. The number of likely N-dealkylation sites (tertiary alicyclic amines) is 1. The summed E-state index contributed by atoms with van der Waals surface area (Å²) in [7, 11) is 0. The molecule has 0 unspecified atom stereocenters. The zero-order valence-electron chi connectivity index (χ0n) is 19.6. The number of rotatable bonds is 5. The van der Waals surface area contributed by atoms with Crippen LogP contribution in [0.1, 0.15) is 41.3 Å². The highest BCUT2D eigenvalue weighted by atomic mass is 16.2. The van der Waals surface area contributed by atoms with Crippen molar-refractivity contribution in [2.24, 2.45) is 5.92 Å². The van der Waals surface area contributed by atoms with E-state index in [-0.39, 0.29) is 11.8 Å². The number of nitrogens with zero attached hydrogens (tertiary/aromatic N) is 2. The van der Waals surface area contributed by atoms with E-state index in [1.807, 2.05) is 11.0 Å². The third-order valence-corrected chi connectivity index (χ3v) is 6.36. The fourth-order valence-electron chi connectivity index (χ4n) is 4.29. The molecule has 170 valence electrons. The van der Waals surface area contributed by atoms with Gasteiger partial charge in [0.1, 0.15) is 0 Å². The Balaban J connectivity index is 1.60. The highest BCUT2D eigenvalue weighted by molar-refractivity contribution is 5.96. The van der Waals surface area contributed by atoms with E-state index in [1.54, 1.807) is 6.20 Å². The molecule has 0 atom stereocenters. The van der Waals surface area contributed by atoms with E-state index in [0.717, 1.165) is 35.2 Å². The Morgan fingerprint density at radius 3 is 2.09 bits per heavy atom. The van der Waals surface area contributed by atoms with E-state index >= 15 is 0 Å². The number of benzene rings is 2. The molecule has 0 aliphatic carbocycles. The molecule has 1 aliphatic rings. The molecule has 1 N–H and O–H groups in total. The minimum absolute atomic E-state index is 0.00289. The van der Waals surface area contributed by atoms with Gasteiger partial charge in [-0.2, -0.15) is 0 Å². The Hall–Kier alpha value is -3.47. The van der Waals surface area contributed by atoms with Crippen molar-refractivity contribution in [1.29, 1.82) is 0 Å². The van der Waals surface area contributed by atoms with Crippen molar-refractivity contribution in [2.75, 3.05) is 19.6 Å². The number of carbonyl (C=O) groups excluding carboxylic acids is 2. The second-order valence-corrected chi connectivity index (χ2v) is 9.02. The van der Waals surface area contributed by atoms with E-state index in [9.17, 15) is 9.59 Å². The molecule has 2 amide bonds. The van der Waals surface area contributed by atoms with Gasteiger partial charge in [-0.05, 0) is 44.2 Å². The van der Waals surface area contributed by atoms with Gasteiger partial charge < -0.3 is 10.2 Å². The zero-order valence-corrected chi connectivity index (χ0v) is 19.6. The normalized spacial score (nSPS) is 14.2. The number of pyridine rings is 1. The van der Waals surface area contributed by atoms with Crippen LogP contribution >= 0.6 is 0 Å². The topological polar surface area (TPSA) is 62.3 Å². The van der Waals surface area contributed by atoms with Crippen molar-refractivity contribution in [3.63, 3.8) is 0 Å². The average Bonchev–Trinajstić information content (AvgIpc) is 2.83. The van der Waals surface area contributed by atoms with Crippen LogP contribution in [0.15, 0.2) is 60.8 Å². The summed E-state index contributed by atoms with van der Waals surface area (Å²) < 4.78 is 0. The summed E-state index contributed by atoms with van der Waals surface area (Å²) in [6.45, 7) is 7.75. The fraction of sp³-hybridized carbons (Fsp3) is 0.321. The van der Waals surface area contributed by atoms with Gasteiger partial charge in [0.25, 0.3) is 5.91 Å². The summed E-state index contributed by atoms with van der Waals surface area (Å²) in [6.07, 6.45) is 3.50. The highest BCUT2D eigenvalue weighted by Gasteiger charge is 2.25. The van der Waals surface area contributed by atoms with Gasteiger partial charge >= 0.3 is 0 Å². The minimum Gasteiger partial charge on any atom is -0.356 e. The molecule has 2 heterocycles. The number of aryl methyl sites for hydroxylation is 2. The summed E-state index contributed by atoms with van der Waals surface area (Å²) in [5.74, 6) is 0.435. The summed E-state index contributed by atoms with van der Waals surface area (Å²) in [5.41, 5.74) is 6.93. The quantitative estimate of drug-likeness (QED) is 0.605. The van der Waals surface area contributed by atoms with Crippen LogP contribution in [0.4, 0.5) is 0 Å². The van der Waals surface area contributed by atoms with Crippen LogP contribution in [0.2, 0.25) is 0 Å². The molecule has 33 heavy (non-hydrogen) atoms. The second kappa shape index (κ2) is 9.99. The van der Waals surface area contributed by atoms with Crippen LogP contribution in [0.3, 0.4) is 0 Å².